The lowest BCUT2D eigenvalue weighted by molar-refractivity contribution is 0.156. The average Bonchev–Trinajstić information content (AvgIpc) is 2.65. The second-order valence-corrected chi connectivity index (χ2v) is 3.52. The van der Waals surface area contributed by atoms with Crippen molar-refractivity contribution in [3.8, 4) is 0 Å². The van der Waals surface area contributed by atoms with Gasteiger partial charge in [-0.25, -0.2) is 9.78 Å². The van der Waals surface area contributed by atoms with Crippen LogP contribution in [-0.4, -0.2) is 28.7 Å². The van der Waals surface area contributed by atoms with Crippen LogP contribution in [0.3, 0.4) is 0 Å². The third-order valence-electron chi connectivity index (χ3n) is 2.30. The molecule has 1 aliphatic rings. The van der Waals surface area contributed by atoms with Crippen molar-refractivity contribution in [1.29, 1.82) is 0 Å². The number of hydrogen-bond donors (Lipinski definition) is 3. The number of hydrogen-bond acceptors (Lipinski definition) is 4. The molecule has 86 valence electrons. The highest BCUT2D eigenvalue weighted by molar-refractivity contribution is 5.76. The first-order valence-electron chi connectivity index (χ1n) is 5.14. The Morgan fingerprint density at radius 2 is 2.62 bits per heavy atom. The van der Waals surface area contributed by atoms with Crippen LogP contribution in [0.5, 0.6) is 0 Å². The predicted octanol–water partition coefficient (Wildman–Crippen LogP) is -1.22. The molecule has 0 spiro atoms. The first-order valence-corrected chi connectivity index (χ1v) is 5.14. The lowest BCUT2D eigenvalue weighted by Crippen LogP contribution is -2.42. The maximum Gasteiger partial charge on any atom is 0.411 e. The Labute approximate surface area is 92.2 Å². The zero-order chi connectivity index (χ0) is 11.5. The number of amides is 1. The summed E-state index contributed by atoms with van der Waals surface area (Å²) >= 11 is 0. The molecule has 0 saturated heterocycles. The van der Waals surface area contributed by atoms with Crippen molar-refractivity contribution in [1.82, 2.24) is 15.3 Å². The molecule has 4 N–H and O–H groups in total. The van der Waals surface area contributed by atoms with E-state index in [9.17, 15) is 4.79 Å². The second-order valence-electron chi connectivity index (χ2n) is 3.52. The number of aromatic amines is 1. The Bertz CT molecular complexity index is 505. The van der Waals surface area contributed by atoms with Gasteiger partial charge >= 0.3 is 6.09 Å². The van der Waals surface area contributed by atoms with Crippen LogP contribution in [0.2, 0.25) is 0 Å². The maximum atomic E-state index is 11.3. The number of H-pyrrole nitrogens is 1. The van der Waals surface area contributed by atoms with Gasteiger partial charge in [0, 0.05) is 12.5 Å². The Morgan fingerprint density at radius 3 is 3.38 bits per heavy atom. The Balaban J connectivity index is 2.31. The van der Waals surface area contributed by atoms with E-state index >= 15 is 0 Å². The zero-order valence-electron chi connectivity index (χ0n) is 8.99. The molecule has 1 aromatic heterocycles. The highest BCUT2D eigenvalue weighted by atomic mass is 16.5. The zero-order valence-corrected chi connectivity index (χ0v) is 8.99. The summed E-state index contributed by atoms with van der Waals surface area (Å²) < 4.78 is 4.81. The molecule has 1 amide bonds. The van der Waals surface area contributed by atoms with E-state index in [1.54, 1.807) is 13.3 Å². The molecule has 1 unspecified atom stereocenters. The molecule has 0 radical (unpaired) electrons. The maximum absolute atomic E-state index is 11.3. The van der Waals surface area contributed by atoms with Crippen molar-refractivity contribution >= 4 is 17.9 Å². The standard InChI is InChI=1S/C10H14N4O2/c1-2-16-10(15)14-8-4-6(11)3-7-9(8)13-5-12-7/h3,5-6H,2,4,11H2,1H3,(H,12,13)(H,14,15). The fraction of sp³-hybridized carbons (Fsp3) is 0.400. The van der Waals surface area contributed by atoms with Gasteiger partial charge in [-0.05, 0) is 13.0 Å². The van der Waals surface area contributed by atoms with E-state index in [0.29, 0.717) is 18.7 Å². The van der Waals surface area contributed by atoms with Gasteiger partial charge < -0.3 is 15.5 Å². The van der Waals surface area contributed by atoms with Gasteiger partial charge in [-0.15, -0.1) is 0 Å². The molecule has 6 nitrogen and oxygen atoms in total. The highest BCUT2D eigenvalue weighted by Crippen LogP contribution is 2.03. The Morgan fingerprint density at radius 1 is 1.81 bits per heavy atom. The van der Waals surface area contributed by atoms with Gasteiger partial charge in [0.15, 0.2) is 0 Å². The molecule has 0 saturated carbocycles. The van der Waals surface area contributed by atoms with Crippen LogP contribution < -0.4 is 21.7 Å². The average molecular weight is 222 g/mol. The second kappa shape index (κ2) is 4.36. The number of rotatable bonds is 2. The number of imidazole rings is 1. The number of fused-ring (bicyclic) bond motifs is 1. The summed E-state index contributed by atoms with van der Waals surface area (Å²) in [6.45, 7) is 2.09. The van der Waals surface area contributed by atoms with Gasteiger partial charge in [-0.3, -0.25) is 5.32 Å². The lowest BCUT2D eigenvalue weighted by Gasteiger charge is -2.14. The molecule has 6 heteroatoms. The number of aromatic nitrogens is 2. The predicted molar refractivity (Wildman–Crippen MR) is 58.5 cm³/mol. The Hall–Kier alpha value is -1.82. The highest BCUT2D eigenvalue weighted by Gasteiger charge is 2.14. The van der Waals surface area contributed by atoms with Gasteiger partial charge in [0.1, 0.15) is 5.35 Å². The van der Waals surface area contributed by atoms with E-state index in [2.05, 4.69) is 15.3 Å². The normalized spacial score (nSPS) is 18.6. The lowest BCUT2D eigenvalue weighted by atomic mass is 10.1. The van der Waals surface area contributed by atoms with E-state index < -0.39 is 6.09 Å². The van der Waals surface area contributed by atoms with E-state index in [1.165, 1.54) is 0 Å². The molecule has 0 bridgehead atoms. The van der Waals surface area contributed by atoms with Crippen molar-refractivity contribution in [3.63, 3.8) is 0 Å². The fourth-order valence-electron chi connectivity index (χ4n) is 1.68. The van der Waals surface area contributed by atoms with Crippen LogP contribution in [-0.2, 0) is 4.74 Å². The molecule has 0 fully saturated rings. The third kappa shape index (κ3) is 2.06. The third-order valence-corrected chi connectivity index (χ3v) is 2.30. The van der Waals surface area contributed by atoms with Gasteiger partial charge in [0.25, 0.3) is 0 Å². The van der Waals surface area contributed by atoms with Crippen LogP contribution in [0.4, 0.5) is 4.79 Å². The fourth-order valence-corrected chi connectivity index (χ4v) is 1.68. The molecule has 16 heavy (non-hydrogen) atoms. The molecule has 0 aromatic carbocycles. The van der Waals surface area contributed by atoms with Crippen molar-refractivity contribution in [2.75, 3.05) is 6.61 Å². The van der Waals surface area contributed by atoms with Crippen LogP contribution in [0.1, 0.15) is 13.3 Å². The number of nitrogens with one attached hydrogen (secondary N) is 2. The summed E-state index contributed by atoms with van der Waals surface area (Å²) in [5.41, 5.74) is 6.53. The summed E-state index contributed by atoms with van der Waals surface area (Å²) in [6.07, 6.45) is 3.54. The van der Waals surface area contributed by atoms with E-state index in [1.807, 2.05) is 6.08 Å². The SMILES string of the molecule is CCOC(=O)NC1=c2nc[nH]c2=CC(N)C1. The van der Waals surface area contributed by atoms with Gasteiger partial charge in [-0.2, -0.15) is 0 Å². The van der Waals surface area contributed by atoms with Crippen molar-refractivity contribution in [3.05, 3.63) is 17.0 Å². The number of carbonyl (C=O) groups excluding carboxylic acids is 1. The van der Waals surface area contributed by atoms with Crippen LogP contribution >= 0.6 is 0 Å². The molecule has 0 aliphatic heterocycles. The topological polar surface area (TPSA) is 93.0 Å². The summed E-state index contributed by atoms with van der Waals surface area (Å²) in [7, 11) is 0. The van der Waals surface area contributed by atoms with Crippen LogP contribution in [0, 0.1) is 0 Å². The molecule has 1 aliphatic carbocycles. The Kier molecular flexibility index (Phi) is 2.91. The summed E-state index contributed by atoms with van der Waals surface area (Å²) in [6, 6.07) is -0.120. The van der Waals surface area contributed by atoms with Gasteiger partial charge in [0.05, 0.1) is 24.0 Å². The minimum atomic E-state index is -0.472. The molecular formula is C10H14N4O2. The molecule has 2 rings (SSSR count). The van der Waals surface area contributed by atoms with Crippen LogP contribution in [0.25, 0.3) is 11.8 Å². The first kappa shape index (κ1) is 10.7. The number of ether oxygens (including phenoxy) is 1. The first-order chi connectivity index (χ1) is 7.70. The van der Waals surface area contributed by atoms with Crippen molar-refractivity contribution in [2.24, 2.45) is 5.73 Å². The number of nitrogens with zero attached hydrogens (tertiary/aromatic N) is 1. The monoisotopic (exact) mass is 222 g/mol. The van der Waals surface area contributed by atoms with Gasteiger partial charge in [-0.1, -0.05) is 0 Å². The minimum absolute atomic E-state index is 0.120. The molecule has 1 aromatic rings. The van der Waals surface area contributed by atoms with E-state index in [4.69, 9.17) is 10.5 Å². The molecule has 1 heterocycles. The van der Waals surface area contributed by atoms with E-state index in [0.717, 1.165) is 10.7 Å². The largest absolute Gasteiger partial charge is 0.450 e. The quantitative estimate of drug-likeness (QED) is 0.584. The molecular weight excluding hydrogens is 208 g/mol. The smallest absolute Gasteiger partial charge is 0.411 e. The van der Waals surface area contributed by atoms with Crippen LogP contribution in [0.15, 0.2) is 6.33 Å². The van der Waals surface area contributed by atoms with Crippen molar-refractivity contribution < 1.29 is 9.53 Å². The van der Waals surface area contributed by atoms with E-state index in [-0.39, 0.29) is 6.04 Å². The molecule has 1 atom stereocenters. The summed E-state index contributed by atoms with van der Waals surface area (Å²) in [4.78, 5) is 18.4. The summed E-state index contributed by atoms with van der Waals surface area (Å²) in [5.74, 6) is 0. The number of alkyl carbamates (subject to hydrolysis) is 1. The number of carbonyl (C=O) groups is 1. The minimum Gasteiger partial charge on any atom is -0.450 e. The van der Waals surface area contributed by atoms with Gasteiger partial charge in [0.2, 0.25) is 0 Å². The number of nitrogens with two attached hydrogens (primary N) is 1. The summed E-state index contributed by atoms with van der Waals surface area (Å²) in [5, 5.41) is 4.24. The van der Waals surface area contributed by atoms with Crippen molar-refractivity contribution in [2.45, 2.75) is 19.4 Å².